The normalized spacial score (nSPS) is 11.3. The molecule has 0 unspecified atom stereocenters. The van der Waals surface area contributed by atoms with Crippen LogP contribution in [0.4, 0.5) is 16.0 Å². The van der Waals surface area contributed by atoms with Crippen molar-refractivity contribution in [3.63, 3.8) is 0 Å². The van der Waals surface area contributed by atoms with Gasteiger partial charge >= 0.3 is 0 Å². The topological polar surface area (TPSA) is 96.9 Å². The first-order valence-electron chi connectivity index (χ1n) is 7.75. The number of sulfonamides is 1. The molecule has 136 valence electrons. The molecule has 0 bridgehead atoms. The summed E-state index contributed by atoms with van der Waals surface area (Å²) in [6.07, 6.45) is 4.99. The van der Waals surface area contributed by atoms with Gasteiger partial charge in [-0.25, -0.2) is 18.4 Å². The average Bonchev–Trinajstić information content (AvgIpc) is 3.35. The molecule has 0 fully saturated rings. The van der Waals surface area contributed by atoms with Crippen molar-refractivity contribution in [2.75, 3.05) is 10.0 Å². The molecule has 0 aliphatic heterocycles. The Morgan fingerprint density at radius 3 is 2.37 bits per heavy atom. The monoisotopic (exact) mass is 415 g/mol. The van der Waals surface area contributed by atoms with Crippen LogP contribution in [0.15, 0.2) is 70.6 Å². The molecule has 4 aromatic rings. The van der Waals surface area contributed by atoms with Gasteiger partial charge in [0.25, 0.3) is 10.0 Å². The smallest absolute Gasteiger partial charge is 0.263 e. The molecule has 0 saturated heterocycles. The molecule has 0 radical (unpaired) electrons. The van der Waals surface area contributed by atoms with Crippen LogP contribution in [0.2, 0.25) is 0 Å². The first-order valence-corrected chi connectivity index (χ1v) is 11.0. The molecule has 0 aliphatic rings. The summed E-state index contributed by atoms with van der Waals surface area (Å²) in [5, 5.41) is 7.90. The molecule has 0 atom stereocenters. The number of nitrogens with zero attached hydrogens (tertiary/aromatic N) is 3. The van der Waals surface area contributed by atoms with E-state index in [-0.39, 0.29) is 4.90 Å². The average molecular weight is 416 g/mol. The van der Waals surface area contributed by atoms with Gasteiger partial charge in [-0.15, -0.1) is 22.7 Å². The van der Waals surface area contributed by atoms with Gasteiger partial charge in [0.15, 0.2) is 10.3 Å². The first-order chi connectivity index (χ1) is 13.1. The quantitative estimate of drug-likeness (QED) is 0.490. The molecule has 7 nitrogen and oxygen atoms in total. The van der Waals surface area contributed by atoms with Gasteiger partial charge in [0.2, 0.25) is 0 Å². The highest BCUT2D eigenvalue weighted by molar-refractivity contribution is 7.93. The minimum absolute atomic E-state index is 0.167. The number of pyridine rings is 1. The second-order valence-corrected chi connectivity index (χ2v) is 8.80. The van der Waals surface area contributed by atoms with E-state index in [1.54, 1.807) is 36.1 Å². The minimum atomic E-state index is -3.65. The number of hydrogen-bond acceptors (Lipinski definition) is 8. The Morgan fingerprint density at radius 2 is 1.67 bits per heavy atom. The van der Waals surface area contributed by atoms with Crippen LogP contribution in [0, 0.1) is 0 Å². The maximum atomic E-state index is 12.3. The highest BCUT2D eigenvalue weighted by Crippen LogP contribution is 2.27. The van der Waals surface area contributed by atoms with Gasteiger partial charge in [-0.3, -0.25) is 9.71 Å². The van der Waals surface area contributed by atoms with Gasteiger partial charge in [-0.1, -0.05) is 0 Å². The Kier molecular flexibility index (Phi) is 4.84. The van der Waals surface area contributed by atoms with Crippen molar-refractivity contribution < 1.29 is 8.42 Å². The summed E-state index contributed by atoms with van der Waals surface area (Å²) in [5.74, 6) is 0. The van der Waals surface area contributed by atoms with E-state index < -0.39 is 10.0 Å². The molecule has 0 amide bonds. The zero-order valence-corrected chi connectivity index (χ0v) is 16.2. The van der Waals surface area contributed by atoms with E-state index in [4.69, 9.17) is 0 Å². The fourth-order valence-corrected chi connectivity index (χ4v) is 4.80. The number of rotatable bonds is 6. The van der Waals surface area contributed by atoms with Crippen molar-refractivity contribution in [3.05, 3.63) is 65.7 Å². The van der Waals surface area contributed by atoms with Crippen molar-refractivity contribution in [2.24, 2.45) is 0 Å². The van der Waals surface area contributed by atoms with Crippen LogP contribution in [0.25, 0.3) is 11.3 Å². The van der Waals surface area contributed by atoms with Crippen LogP contribution in [-0.4, -0.2) is 23.4 Å². The summed E-state index contributed by atoms with van der Waals surface area (Å²) in [5.41, 5.74) is 2.60. The maximum absolute atomic E-state index is 12.3. The summed E-state index contributed by atoms with van der Waals surface area (Å²) >= 11 is 2.70. The summed E-state index contributed by atoms with van der Waals surface area (Å²) in [4.78, 5) is 12.6. The van der Waals surface area contributed by atoms with E-state index in [1.165, 1.54) is 34.8 Å². The maximum Gasteiger partial charge on any atom is 0.263 e. The van der Waals surface area contributed by atoms with E-state index >= 15 is 0 Å². The molecule has 27 heavy (non-hydrogen) atoms. The molecule has 10 heteroatoms. The summed E-state index contributed by atoms with van der Waals surface area (Å²) < 4.78 is 27.1. The molecular weight excluding hydrogens is 402 g/mol. The van der Waals surface area contributed by atoms with E-state index in [2.05, 4.69) is 25.0 Å². The van der Waals surface area contributed by atoms with Crippen LogP contribution in [0.3, 0.4) is 0 Å². The van der Waals surface area contributed by atoms with Crippen LogP contribution in [0.5, 0.6) is 0 Å². The molecule has 0 saturated carbocycles. The van der Waals surface area contributed by atoms with Gasteiger partial charge in [0.1, 0.15) is 0 Å². The number of aromatic nitrogens is 3. The zero-order valence-electron chi connectivity index (χ0n) is 13.7. The number of benzene rings is 1. The summed E-state index contributed by atoms with van der Waals surface area (Å²) in [6.45, 7) is 0. The van der Waals surface area contributed by atoms with Crippen LogP contribution in [-0.2, 0) is 10.0 Å². The van der Waals surface area contributed by atoms with Crippen LogP contribution >= 0.6 is 22.7 Å². The highest BCUT2D eigenvalue weighted by atomic mass is 32.2. The number of hydrogen-bond donors (Lipinski definition) is 2. The fourth-order valence-electron chi connectivity index (χ4n) is 2.28. The third-order valence-corrected chi connectivity index (χ3v) is 6.48. The SMILES string of the molecule is O=S(=O)(Nc1nccs1)c1ccc(Nc2nc(-c3ccncc3)cs2)cc1. The van der Waals surface area contributed by atoms with E-state index in [1.807, 2.05) is 17.5 Å². The van der Waals surface area contributed by atoms with Gasteiger partial charge in [-0.05, 0) is 36.4 Å². The predicted molar refractivity (Wildman–Crippen MR) is 108 cm³/mol. The Morgan fingerprint density at radius 1 is 0.889 bits per heavy atom. The number of thiazole rings is 2. The summed E-state index contributed by atoms with van der Waals surface area (Å²) in [6, 6.07) is 10.3. The summed E-state index contributed by atoms with van der Waals surface area (Å²) in [7, 11) is -3.65. The first kappa shape index (κ1) is 17.6. The van der Waals surface area contributed by atoms with Crippen molar-refractivity contribution in [2.45, 2.75) is 4.90 Å². The molecule has 3 aromatic heterocycles. The second-order valence-electron chi connectivity index (χ2n) is 5.37. The lowest BCUT2D eigenvalue weighted by Gasteiger charge is -2.07. The molecule has 2 N–H and O–H groups in total. The van der Waals surface area contributed by atoms with Gasteiger partial charge in [0.05, 0.1) is 10.6 Å². The minimum Gasteiger partial charge on any atom is -0.332 e. The third-order valence-electron chi connectivity index (χ3n) is 3.55. The van der Waals surface area contributed by atoms with Crippen LogP contribution in [0.1, 0.15) is 0 Å². The van der Waals surface area contributed by atoms with Crippen molar-refractivity contribution in [1.82, 2.24) is 15.0 Å². The fraction of sp³-hybridized carbons (Fsp3) is 0. The lowest BCUT2D eigenvalue weighted by molar-refractivity contribution is 0.601. The number of nitrogens with one attached hydrogen (secondary N) is 2. The van der Waals surface area contributed by atoms with Crippen molar-refractivity contribution in [3.8, 4) is 11.3 Å². The standard InChI is InChI=1S/C17H13N5O2S3/c23-27(24,22-16-19-9-10-25-16)14-3-1-13(2-4-14)20-17-21-15(11-26-17)12-5-7-18-8-6-12/h1-11H,(H,19,22)(H,20,21). The van der Waals surface area contributed by atoms with Gasteiger partial charge < -0.3 is 5.32 Å². The lowest BCUT2D eigenvalue weighted by atomic mass is 10.2. The van der Waals surface area contributed by atoms with E-state index in [0.29, 0.717) is 5.13 Å². The van der Waals surface area contributed by atoms with E-state index in [0.717, 1.165) is 22.1 Å². The molecular formula is C17H13N5O2S3. The Labute approximate surface area is 163 Å². The molecule has 4 rings (SSSR count). The van der Waals surface area contributed by atoms with Gasteiger partial charge in [-0.2, -0.15) is 0 Å². The lowest BCUT2D eigenvalue weighted by Crippen LogP contribution is -2.12. The van der Waals surface area contributed by atoms with Crippen molar-refractivity contribution in [1.29, 1.82) is 0 Å². The zero-order chi connectivity index (χ0) is 18.7. The second kappa shape index (κ2) is 7.43. The van der Waals surface area contributed by atoms with Gasteiger partial charge in [0, 0.05) is 40.6 Å². The largest absolute Gasteiger partial charge is 0.332 e. The molecule has 0 aliphatic carbocycles. The van der Waals surface area contributed by atoms with E-state index in [9.17, 15) is 8.42 Å². The van der Waals surface area contributed by atoms with Crippen LogP contribution < -0.4 is 10.0 Å². The Hall–Kier alpha value is -2.82. The number of anilines is 3. The molecule has 3 heterocycles. The highest BCUT2D eigenvalue weighted by Gasteiger charge is 2.15. The van der Waals surface area contributed by atoms with Crippen molar-refractivity contribution >= 4 is 48.6 Å². The third kappa shape index (κ3) is 4.13. The molecule has 1 aromatic carbocycles. The predicted octanol–water partition coefficient (Wildman–Crippen LogP) is 4.21. The Balaban J connectivity index is 1.48. The molecule has 0 spiro atoms. The Bertz CT molecular complexity index is 1130.